The average Bonchev–Trinajstić information content (AvgIpc) is 3.79. The number of rotatable bonds is 4. The van der Waals surface area contributed by atoms with Gasteiger partial charge in [0.05, 0.1) is 55.9 Å². The minimum Gasteiger partial charge on any atom is -0.458 e. The lowest BCUT2D eigenvalue weighted by Gasteiger charge is -2.27. The van der Waals surface area contributed by atoms with Gasteiger partial charge in [-0.25, -0.2) is 4.98 Å². The van der Waals surface area contributed by atoms with Gasteiger partial charge in [0.1, 0.15) is 17.3 Å². The number of fused-ring (bicyclic) bond motifs is 10. The molecule has 284 valence electrons. The number of nitrogens with zero attached hydrogens (tertiary/aromatic N) is 5. The number of benzene rings is 7. The SMILES string of the molecule is [2H]C([2H])([2H])[N+]1=[C-]N(c2cccc(Oc3ccc4c5ccccc5n(-c5cc(C(C)(C)C)ccn5)c4c3)c2)c2ccccc2-c2ccccc2-n2c3ccccc3c3cccc1c32. The van der Waals surface area contributed by atoms with Crippen LogP contribution in [-0.2, 0) is 5.41 Å². The molecule has 0 saturated heterocycles. The van der Waals surface area contributed by atoms with Crippen molar-refractivity contribution in [1.29, 1.82) is 0 Å². The maximum absolute atomic E-state index is 8.99. The van der Waals surface area contributed by atoms with E-state index in [1.165, 1.54) is 10.1 Å². The van der Waals surface area contributed by atoms with Gasteiger partial charge in [-0.05, 0) is 71.1 Å². The van der Waals surface area contributed by atoms with E-state index in [9.17, 15) is 0 Å². The van der Waals surface area contributed by atoms with E-state index in [1.807, 2.05) is 96.0 Å². The Morgan fingerprint density at radius 2 is 1.22 bits per heavy atom. The van der Waals surface area contributed by atoms with E-state index in [0.29, 0.717) is 22.9 Å². The molecule has 0 N–H and O–H groups in total. The molecule has 0 fully saturated rings. The van der Waals surface area contributed by atoms with Crippen molar-refractivity contribution in [3.63, 3.8) is 0 Å². The van der Waals surface area contributed by atoms with Crippen LogP contribution in [0.1, 0.15) is 30.4 Å². The van der Waals surface area contributed by atoms with E-state index >= 15 is 0 Å². The molecule has 4 heterocycles. The zero-order valence-corrected chi connectivity index (χ0v) is 32.9. The fourth-order valence-corrected chi connectivity index (χ4v) is 8.72. The van der Waals surface area contributed by atoms with Crippen LogP contribution in [0.25, 0.3) is 66.2 Å². The third-order valence-electron chi connectivity index (χ3n) is 11.5. The van der Waals surface area contributed by atoms with Crippen molar-refractivity contribution in [3.8, 4) is 34.1 Å². The lowest BCUT2D eigenvalue weighted by atomic mass is 9.88. The molecule has 7 aromatic carbocycles. The van der Waals surface area contributed by atoms with Gasteiger partial charge in [0.25, 0.3) is 0 Å². The summed E-state index contributed by atoms with van der Waals surface area (Å²) in [5.74, 6) is 2.07. The Morgan fingerprint density at radius 3 is 2.02 bits per heavy atom. The van der Waals surface area contributed by atoms with Gasteiger partial charge < -0.3 is 18.8 Å². The Kier molecular flexibility index (Phi) is 7.14. The third-order valence-corrected chi connectivity index (χ3v) is 11.5. The molecule has 1 aliphatic rings. The average molecular weight is 767 g/mol. The highest BCUT2D eigenvalue weighted by Crippen LogP contribution is 2.44. The van der Waals surface area contributed by atoms with Gasteiger partial charge in [-0.2, -0.15) is 0 Å². The highest BCUT2D eigenvalue weighted by molar-refractivity contribution is 6.13. The van der Waals surface area contributed by atoms with Crippen LogP contribution in [0, 0.1) is 0 Å². The molecule has 0 saturated carbocycles. The number of anilines is 2. The van der Waals surface area contributed by atoms with Gasteiger partial charge in [0, 0.05) is 39.4 Å². The molecule has 0 radical (unpaired) electrons. The quantitative estimate of drug-likeness (QED) is 0.132. The van der Waals surface area contributed by atoms with Crippen molar-refractivity contribution in [2.45, 2.75) is 26.2 Å². The maximum Gasteiger partial charge on any atom is 0.245 e. The first-order valence-corrected chi connectivity index (χ1v) is 19.9. The first kappa shape index (κ1) is 31.6. The molecule has 0 spiro atoms. The zero-order valence-electron chi connectivity index (χ0n) is 35.9. The van der Waals surface area contributed by atoms with Crippen LogP contribution >= 0.6 is 0 Å². The summed E-state index contributed by atoms with van der Waals surface area (Å²) in [6.45, 7) is 4.02. The lowest BCUT2D eigenvalue weighted by Crippen LogP contribution is -2.22. The van der Waals surface area contributed by atoms with Gasteiger partial charge in [0.15, 0.2) is 0 Å². The van der Waals surface area contributed by atoms with Gasteiger partial charge in [-0.3, -0.25) is 4.57 Å². The van der Waals surface area contributed by atoms with Crippen molar-refractivity contribution < 1.29 is 13.4 Å². The molecular formula is C53H41N5O. The first-order chi connectivity index (χ1) is 30.0. The van der Waals surface area contributed by atoms with E-state index in [0.717, 1.165) is 71.9 Å². The van der Waals surface area contributed by atoms with E-state index in [-0.39, 0.29) is 5.41 Å². The standard InChI is InChI=1S/C53H41N5O/c1-53(2,3)35-29-30-54-51(31-35)57-46-23-10-6-19-41(46)43-28-27-38(33-50(43)57)59-37-16-13-15-36(32-37)56-34-55(4)49-26-14-21-44-42-20-8-12-25-48(42)58(52(44)49)47-24-11-7-18-40(47)39-17-5-9-22-45(39)56/h5-33H,1-4H3/i4D3. The second-order valence-corrected chi connectivity index (χ2v) is 16.1. The monoisotopic (exact) mass is 766 g/mol. The molecule has 0 amide bonds. The zero-order chi connectivity index (χ0) is 42.3. The number of hydrogen-bond acceptors (Lipinski definition) is 3. The predicted octanol–water partition coefficient (Wildman–Crippen LogP) is 13.4. The topological polar surface area (TPSA) is 38.2 Å². The Hall–Kier alpha value is -7.44. The van der Waals surface area contributed by atoms with Gasteiger partial charge in [-0.15, -0.1) is 0 Å². The minimum absolute atomic E-state index is 0.0484. The van der Waals surface area contributed by atoms with Crippen LogP contribution in [0.4, 0.5) is 17.1 Å². The fourth-order valence-electron chi connectivity index (χ4n) is 8.72. The second-order valence-electron chi connectivity index (χ2n) is 16.1. The molecule has 6 heteroatoms. The van der Waals surface area contributed by atoms with E-state index in [4.69, 9.17) is 13.8 Å². The summed E-state index contributed by atoms with van der Waals surface area (Å²) in [4.78, 5) is 6.70. The maximum atomic E-state index is 8.99. The summed E-state index contributed by atoms with van der Waals surface area (Å²) < 4.78 is 39.4. The van der Waals surface area contributed by atoms with Crippen LogP contribution in [-0.4, -0.2) is 32.0 Å². The van der Waals surface area contributed by atoms with Crippen LogP contribution in [0.15, 0.2) is 176 Å². The van der Waals surface area contributed by atoms with E-state index < -0.39 is 6.98 Å². The summed E-state index contributed by atoms with van der Waals surface area (Å²) in [5.41, 5.74) is 9.75. The van der Waals surface area contributed by atoms with Crippen molar-refractivity contribution >= 4 is 67.0 Å². The van der Waals surface area contributed by atoms with Crippen molar-refractivity contribution in [3.05, 3.63) is 182 Å². The summed E-state index contributed by atoms with van der Waals surface area (Å²) in [5, 5.41) is 4.21. The molecule has 0 atom stereocenters. The second kappa shape index (κ2) is 13.3. The molecule has 0 unspecified atom stereocenters. The van der Waals surface area contributed by atoms with Crippen LogP contribution in [0.2, 0.25) is 0 Å². The normalized spacial score (nSPS) is 13.8. The van der Waals surface area contributed by atoms with Crippen molar-refractivity contribution in [2.75, 3.05) is 11.9 Å². The lowest BCUT2D eigenvalue weighted by molar-refractivity contribution is -0.398. The third kappa shape index (κ3) is 5.63. The molecule has 59 heavy (non-hydrogen) atoms. The Labute approximate surface area is 347 Å². The largest absolute Gasteiger partial charge is 0.458 e. The number of aromatic nitrogens is 3. The fraction of sp³-hybridized carbons (Fsp3) is 0.0943. The summed E-state index contributed by atoms with van der Waals surface area (Å²) in [6.07, 6.45) is 5.29. The minimum atomic E-state index is -2.61. The molecule has 3 aromatic heterocycles. The van der Waals surface area contributed by atoms with Gasteiger partial charge >= 0.3 is 0 Å². The van der Waals surface area contributed by atoms with Crippen LogP contribution in [0.3, 0.4) is 0 Å². The Bertz CT molecular complexity index is 3440. The molecule has 10 aromatic rings. The first-order valence-electron chi connectivity index (χ1n) is 21.4. The Morgan fingerprint density at radius 1 is 0.576 bits per heavy atom. The summed E-state index contributed by atoms with van der Waals surface area (Å²) in [7, 11) is 0. The van der Waals surface area contributed by atoms with Gasteiger partial charge in [-0.1, -0.05) is 130 Å². The number of hydrogen-bond donors (Lipinski definition) is 0. The summed E-state index contributed by atoms with van der Waals surface area (Å²) in [6, 6.07) is 57.0. The Balaban J connectivity index is 1.09. The number of ether oxygens (including phenoxy) is 1. The number of para-hydroxylation sites is 5. The van der Waals surface area contributed by atoms with Crippen LogP contribution < -0.4 is 9.64 Å². The highest BCUT2D eigenvalue weighted by atomic mass is 16.5. The summed E-state index contributed by atoms with van der Waals surface area (Å²) >= 11 is 0. The molecule has 1 aliphatic heterocycles. The van der Waals surface area contributed by atoms with Gasteiger partial charge in [0.2, 0.25) is 6.34 Å². The number of pyridine rings is 1. The highest BCUT2D eigenvalue weighted by Gasteiger charge is 2.24. The molecule has 0 aliphatic carbocycles. The smallest absolute Gasteiger partial charge is 0.245 e. The van der Waals surface area contributed by atoms with Crippen molar-refractivity contribution in [2.24, 2.45) is 0 Å². The molecule has 0 bridgehead atoms. The predicted molar refractivity (Wildman–Crippen MR) is 243 cm³/mol. The molecule has 11 rings (SSSR count). The molecule has 6 nitrogen and oxygen atoms in total. The van der Waals surface area contributed by atoms with E-state index in [2.05, 4.69) is 121 Å². The van der Waals surface area contributed by atoms with E-state index in [1.54, 1.807) is 0 Å². The molecular weight excluding hydrogens is 723 g/mol. The van der Waals surface area contributed by atoms with Crippen LogP contribution in [0.5, 0.6) is 11.5 Å². The van der Waals surface area contributed by atoms with Crippen molar-refractivity contribution in [1.82, 2.24) is 14.1 Å².